The van der Waals surface area contributed by atoms with Crippen LogP contribution in [0, 0.1) is 5.92 Å². The Labute approximate surface area is 218 Å². The number of fused-ring (bicyclic) bond motifs is 2. The van der Waals surface area contributed by atoms with Gasteiger partial charge in [0.15, 0.2) is 0 Å². The number of hydrogen-bond donors (Lipinski definition) is 3. The van der Waals surface area contributed by atoms with Crippen molar-refractivity contribution in [1.82, 2.24) is 20.3 Å². The second-order valence-corrected chi connectivity index (χ2v) is 13.5. The number of alkyl carbamates (subject to hydrolysis) is 1. The van der Waals surface area contributed by atoms with E-state index in [9.17, 15) is 27.6 Å². The van der Waals surface area contributed by atoms with E-state index in [1.165, 1.54) is 4.90 Å². The van der Waals surface area contributed by atoms with Gasteiger partial charge in [-0.1, -0.05) is 18.6 Å². The molecule has 0 aromatic rings. The van der Waals surface area contributed by atoms with E-state index >= 15 is 0 Å². The summed E-state index contributed by atoms with van der Waals surface area (Å²) >= 11 is 0. The number of nitrogens with zero attached hydrogens (tertiary/aromatic N) is 1. The molecule has 206 valence electrons. The van der Waals surface area contributed by atoms with Gasteiger partial charge in [-0.3, -0.25) is 19.1 Å². The standard InChI is InChI=1S/C25H38N4O7S/c1-24(2,3)36-23(33)26-18-10-7-5-4-6-9-16-15-25(16,22(32)28-37(34,35)17-12-13-17)27-20(30)19-11-8-14-29(19)21(18)31/h6,9,16-19H,4-5,7-8,10-15H2,1-3H3,(H,26,33)(H,27,30)(H,28,32)/b9-6-/t16-,18+,19+,25-/m1/s1. The zero-order chi connectivity index (χ0) is 27.0. The number of rotatable bonds is 4. The van der Waals surface area contributed by atoms with Gasteiger partial charge in [-0.05, 0) is 72.1 Å². The lowest BCUT2D eigenvalue weighted by Gasteiger charge is -2.30. The average molecular weight is 539 g/mol. The van der Waals surface area contributed by atoms with Crippen LogP contribution in [0.25, 0.3) is 0 Å². The van der Waals surface area contributed by atoms with E-state index in [4.69, 9.17) is 4.74 Å². The maximum absolute atomic E-state index is 13.5. The molecular formula is C25H38N4O7S. The minimum Gasteiger partial charge on any atom is -0.444 e. The van der Waals surface area contributed by atoms with Gasteiger partial charge in [0, 0.05) is 12.5 Å². The fourth-order valence-electron chi connectivity index (χ4n) is 5.05. The summed E-state index contributed by atoms with van der Waals surface area (Å²) in [6.45, 7) is 5.56. The van der Waals surface area contributed by atoms with Gasteiger partial charge in [0.2, 0.25) is 21.8 Å². The first kappa shape index (κ1) is 27.4. The van der Waals surface area contributed by atoms with Crippen LogP contribution in [0.2, 0.25) is 0 Å². The van der Waals surface area contributed by atoms with Crippen molar-refractivity contribution < 1.29 is 32.3 Å². The van der Waals surface area contributed by atoms with Crippen molar-refractivity contribution in [2.24, 2.45) is 5.92 Å². The third-order valence-electron chi connectivity index (χ3n) is 7.27. The monoisotopic (exact) mass is 538 g/mol. The van der Waals surface area contributed by atoms with Gasteiger partial charge in [0.05, 0.1) is 5.25 Å². The van der Waals surface area contributed by atoms with E-state index in [1.54, 1.807) is 20.8 Å². The van der Waals surface area contributed by atoms with E-state index in [2.05, 4.69) is 15.4 Å². The van der Waals surface area contributed by atoms with Crippen molar-refractivity contribution in [2.45, 2.75) is 107 Å². The van der Waals surface area contributed by atoms with Crippen LogP contribution in [0.4, 0.5) is 4.79 Å². The van der Waals surface area contributed by atoms with Gasteiger partial charge in [-0.2, -0.15) is 0 Å². The summed E-state index contributed by atoms with van der Waals surface area (Å²) in [5.41, 5.74) is -2.08. The van der Waals surface area contributed by atoms with E-state index in [0.29, 0.717) is 57.9 Å². The molecule has 0 bridgehead atoms. The highest BCUT2D eigenvalue weighted by atomic mass is 32.2. The molecule has 0 radical (unpaired) electrons. The largest absolute Gasteiger partial charge is 0.444 e. The molecule has 4 atom stereocenters. The summed E-state index contributed by atoms with van der Waals surface area (Å²) in [4.78, 5) is 54.0. The Morgan fingerprint density at radius 3 is 2.51 bits per heavy atom. The molecule has 37 heavy (non-hydrogen) atoms. The number of nitrogens with one attached hydrogen (secondary N) is 3. The Kier molecular flexibility index (Phi) is 7.60. The highest BCUT2D eigenvalue weighted by Gasteiger charge is 2.61. The van der Waals surface area contributed by atoms with Gasteiger partial charge in [0.25, 0.3) is 5.91 Å². The van der Waals surface area contributed by atoms with E-state index < -0.39 is 56.4 Å². The Balaban J connectivity index is 1.53. The molecule has 4 aliphatic rings. The van der Waals surface area contributed by atoms with Crippen LogP contribution in [0.1, 0.15) is 78.6 Å². The van der Waals surface area contributed by atoms with Crippen LogP contribution >= 0.6 is 0 Å². The average Bonchev–Trinajstić information content (AvgIpc) is 3.70. The number of sulfonamides is 1. The van der Waals surface area contributed by atoms with Crippen LogP contribution < -0.4 is 15.4 Å². The van der Waals surface area contributed by atoms with Crippen molar-refractivity contribution in [3.05, 3.63) is 12.2 Å². The summed E-state index contributed by atoms with van der Waals surface area (Å²) in [6.07, 6.45) is 7.95. The molecule has 4 amide bonds. The highest BCUT2D eigenvalue weighted by Crippen LogP contribution is 2.46. The fraction of sp³-hybridized carbons (Fsp3) is 0.760. The predicted molar refractivity (Wildman–Crippen MR) is 135 cm³/mol. The van der Waals surface area contributed by atoms with Crippen LogP contribution in [0.15, 0.2) is 12.2 Å². The van der Waals surface area contributed by atoms with Crippen molar-refractivity contribution in [1.29, 1.82) is 0 Å². The SMILES string of the molecule is CC(C)(C)OC(=O)N[C@H]1CCCC/C=C\[C@@H]2C[C@@]2(C(=O)NS(=O)(=O)C2CC2)NC(=O)[C@@H]2CCCN2C1=O. The molecule has 0 spiro atoms. The summed E-state index contributed by atoms with van der Waals surface area (Å²) in [6, 6.07) is -1.65. The molecule has 12 heteroatoms. The lowest BCUT2D eigenvalue weighted by molar-refractivity contribution is -0.141. The van der Waals surface area contributed by atoms with Crippen molar-refractivity contribution >= 4 is 33.8 Å². The zero-order valence-corrected chi connectivity index (χ0v) is 22.6. The highest BCUT2D eigenvalue weighted by molar-refractivity contribution is 7.91. The molecule has 2 saturated carbocycles. The number of allylic oxidation sites excluding steroid dienone is 1. The maximum atomic E-state index is 13.5. The zero-order valence-electron chi connectivity index (χ0n) is 21.7. The predicted octanol–water partition coefficient (Wildman–Crippen LogP) is 1.48. The van der Waals surface area contributed by atoms with Gasteiger partial charge in [-0.15, -0.1) is 0 Å². The first-order valence-corrected chi connectivity index (χ1v) is 14.7. The topological polar surface area (TPSA) is 151 Å². The molecule has 0 aromatic heterocycles. The summed E-state index contributed by atoms with van der Waals surface area (Å²) < 4.78 is 32.4. The second-order valence-electron chi connectivity index (χ2n) is 11.5. The number of carbonyl (C=O) groups excluding carboxylic acids is 4. The molecule has 3 N–H and O–H groups in total. The Morgan fingerprint density at radius 1 is 1.11 bits per heavy atom. The molecule has 3 fully saturated rings. The normalized spacial score (nSPS) is 31.8. The fourth-order valence-corrected chi connectivity index (χ4v) is 6.41. The molecule has 1 saturated heterocycles. The number of amides is 4. The lowest BCUT2D eigenvalue weighted by atomic mass is 10.0. The minimum absolute atomic E-state index is 0.296. The molecule has 0 unspecified atom stereocenters. The molecule has 2 heterocycles. The third kappa shape index (κ3) is 6.45. The summed E-state index contributed by atoms with van der Waals surface area (Å²) in [5, 5.41) is 4.93. The van der Waals surface area contributed by atoms with E-state index in [-0.39, 0.29) is 11.8 Å². The summed E-state index contributed by atoms with van der Waals surface area (Å²) in [5.74, 6) is -1.90. The van der Waals surface area contributed by atoms with Gasteiger partial charge in [0.1, 0.15) is 23.2 Å². The minimum atomic E-state index is -3.78. The van der Waals surface area contributed by atoms with E-state index in [1.807, 2.05) is 12.2 Å². The van der Waals surface area contributed by atoms with Gasteiger partial charge in [-0.25, -0.2) is 13.2 Å². The number of carbonyl (C=O) groups is 4. The smallest absolute Gasteiger partial charge is 0.408 e. The molecule has 2 aliphatic carbocycles. The van der Waals surface area contributed by atoms with Gasteiger partial charge >= 0.3 is 6.09 Å². The Bertz CT molecular complexity index is 1080. The second kappa shape index (κ2) is 10.3. The first-order valence-electron chi connectivity index (χ1n) is 13.2. The molecular weight excluding hydrogens is 500 g/mol. The third-order valence-corrected chi connectivity index (χ3v) is 9.09. The van der Waals surface area contributed by atoms with Crippen molar-refractivity contribution in [2.75, 3.05) is 6.54 Å². The summed E-state index contributed by atoms with van der Waals surface area (Å²) in [7, 11) is -3.78. The van der Waals surface area contributed by atoms with Crippen LogP contribution in [0.5, 0.6) is 0 Å². The number of ether oxygens (including phenoxy) is 1. The Hall–Kier alpha value is -2.63. The maximum Gasteiger partial charge on any atom is 0.408 e. The quantitative estimate of drug-likeness (QED) is 0.459. The number of hydrogen-bond acceptors (Lipinski definition) is 7. The van der Waals surface area contributed by atoms with Gasteiger partial charge < -0.3 is 20.3 Å². The molecule has 4 rings (SSSR count). The van der Waals surface area contributed by atoms with Crippen LogP contribution in [0.3, 0.4) is 0 Å². The van der Waals surface area contributed by atoms with Crippen molar-refractivity contribution in [3.63, 3.8) is 0 Å². The van der Waals surface area contributed by atoms with Crippen molar-refractivity contribution in [3.8, 4) is 0 Å². The Morgan fingerprint density at radius 2 is 1.84 bits per heavy atom. The molecule has 11 nitrogen and oxygen atoms in total. The molecule has 2 aliphatic heterocycles. The van der Waals surface area contributed by atoms with Crippen LogP contribution in [-0.4, -0.2) is 72.2 Å². The van der Waals surface area contributed by atoms with Crippen LogP contribution in [-0.2, 0) is 29.1 Å². The van der Waals surface area contributed by atoms with E-state index in [0.717, 1.165) is 6.42 Å². The first-order chi connectivity index (χ1) is 17.3. The molecule has 0 aromatic carbocycles. The lowest BCUT2D eigenvalue weighted by Crippen LogP contribution is -2.58.